The predicted molar refractivity (Wildman–Crippen MR) is 73.1 cm³/mol. The van der Waals surface area contributed by atoms with Crippen LogP contribution in [0.2, 0.25) is 0 Å². The van der Waals surface area contributed by atoms with Crippen LogP contribution in [0.4, 0.5) is 5.69 Å². The van der Waals surface area contributed by atoms with Crippen molar-refractivity contribution in [2.75, 3.05) is 12.3 Å². The summed E-state index contributed by atoms with van der Waals surface area (Å²) in [6, 6.07) is 7.05. The number of anilines is 1. The molecule has 2 rings (SSSR count). The van der Waals surface area contributed by atoms with Gasteiger partial charge in [-0.05, 0) is 24.3 Å². The molecule has 0 radical (unpaired) electrons. The highest BCUT2D eigenvalue weighted by Gasteiger charge is 2.09. The largest absolute Gasteiger partial charge is 0.398 e. The van der Waals surface area contributed by atoms with Crippen molar-refractivity contribution in [1.82, 2.24) is 15.1 Å². The van der Waals surface area contributed by atoms with E-state index < -0.39 is 0 Å². The minimum atomic E-state index is -0.180. The molecule has 0 saturated heterocycles. The molecule has 1 heterocycles. The Morgan fingerprint density at radius 1 is 1.50 bits per heavy atom. The van der Waals surface area contributed by atoms with Crippen LogP contribution in [0.25, 0.3) is 0 Å². The molecular formula is C12H13BrN4O. The average molecular weight is 309 g/mol. The maximum absolute atomic E-state index is 11.9. The summed E-state index contributed by atoms with van der Waals surface area (Å²) in [5, 5.41) is 6.86. The third-order valence-corrected chi connectivity index (χ3v) is 2.94. The normalized spacial score (nSPS) is 10.3. The Labute approximate surface area is 113 Å². The zero-order valence-corrected chi connectivity index (χ0v) is 11.2. The Bertz CT molecular complexity index is 539. The topological polar surface area (TPSA) is 72.9 Å². The molecule has 2 aromatic rings. The lowest BCUT2D eigenvalue weighted by Crippen LogP contribution is -2.28. The first-order valence-corrected chi connectivity index (χ1v) is 6.27. The fourth-order valence-corrected chi connectivity index (χ4v) is 1.90. The van der Waals surface area contributed by atoms with Crippen molar-refractivity contribution >= 4 is 27.5 Å². The monoisotopic (exact) mass is 308 g/mol. The van der Waals surface area contributed by atoms with E-state index in [1.807, 2.05) is 12.3 Å². The molecule has 0 aliphatic carbocycles. The molecule has 1 amide bonds. The minimum absolute atomic E-state index is 0.180. The van der Waals surface area contributed by atoms with Gasteiger partial charge in [-0.3, -0.25) is 9.48 Å². The van der Waals surface area contributed by atoms with Gasteiger partial charge in [0.05, 0.1) is 12.1 Å². The lowest BCUT2D eigenvalue weighted by atomic mass is 10.1. The summed E-state index contributed by atoms with van der Waals surface area (Å²) in [6.07, 6.45) is 3.55. The lowest BCUT2D eigenvalue weighted by Gasteiger charge is -2.08. The molecule has 5 nitrogen and oxygen atoms in total. The number of nitrogens with one attached hydrogen (secondary N) is 1. The third-order valence-electron chi connectivity index (χ3n) is 2.45. The molecule has 6 heteroatoms. The Morgan fingerprint density at radius 3 is 3.06 bits per heavy atom. The molecule has 1 aromatic carbocycles. The number of halogens is 1. The second-order valence-corrected chi connectivity index (χ2v) is 4.67. The number of aromatic nitrogens is 2. The summed E-state index contributed by atoms with van der Waals surface area (Å²) in [6.45, 7) is 1.14. The zero-order chi connectivity index (χ0) is 13.0. The molecule has 94 valence electrons. The van der Waals surface area contributed by atoms with Crippen LogP contribution >= 0.6 is 15.9 Å². The van der Waals surface area contributed by atoms with Crippen molar-refractivity contribution in [2.24, 2.45) is 0 Å². The summed E-state index contributed by atoms with van der Waals surface area (Å²) >= 11 is 3.31. The van der Waals surface area contributed by atoms with E-state index in [1.165, 1.54) is 0 Å². The van der Waals surface area contributed by atoms with Crippen molar-refractivity contribution in [3.8, 4) is 0 Å². The van der Waals surface area contributed by atoms with Gasteiger partial charge in [0.1, 0.15) is 0 Å². The third kappa shape index (κ3) is 3.10. The average Bonchev–Trinajstić information content (AvgIpc) is 2.85. The molecule has 0 fully saturated rings. The lowest BCUT2D eigenvalue weighted by molar-refractivity contribution is 0.0953. The van der Waals surface area contributed by atoms with Gasteiger partial charge in [0.15, 0.2) is 0 Å². The fraction of sp³-hybridized carbons (Fsp3) is 0.167. The number of nitrogens with zero attached hydrogens (tertiary/aromatic N) is 2. The quantitative estimate of drug-likeness (QED) is 0.844. The first-order chi connectivity index (χ1) is 8.66. The molecule has 18 heavy (non-hydrogen) atoms. The van der Waals surface area contributed by atoms with Gasteiger partial charge in [-0.2, -0.15) is 5.10 Å². The number of nitrogens with two attached hydrogens (primary N) is 1. The van der Waals surface area contributed by atoms with Crippen molar-refractivity contribution in [2.45, 2.75) is 6.54 Å². The maximum atomic E-state index is 11.9. The minimum Gasteiger partial charge on any atom is -0.398 e. The maximum Gasteiger partial charge on any atom is 0.253 e. The smallest absolute Gasteiger partial charge is 0.253 e. The number of amides is 1. The van der Waals surface area contributed by atoms with Gasteiger partial charge in [-0.1, -0.05) is 15.9 Å². The Hall–Kier alpha value is -1.82. The number of hydrogen-bond acceptors (Lipinski definition) is 3. The van der Waals surface area contributed by atoms with Crippen molar-refractivity contribution in [3.05, 3.63) is 46.7 Å². The number of rotatable bonds is 4. The zero-order valence-electron chi connectivity index (χ0n) is 9.64. The highest BCUT2D eigenvalue weighted by molar-refractivity contribution is 9.10. The van der Waals surface area contributed by atoms with E-state index in [0.29, 0.717) is 24.3 Å². The molecule has 1 aromatic heterocycles. The van der Waals surface area contributed by atoms with Crippen molar-refractivity contribution < 1.29 is 4.79 Å². The van der Waals surface area contributed by atoms with E-state index in [4.69, 9.17) is 5.73 Å². The first kappa shape index (κ1) is 12.6. The summed E-state index contributed by atoms with van der Waals surface area (Å²) in [5.74, 6) is -0.180. The van der Waals surface area contributed by atoms with Crippen LogP contribution in [-0.2, 0) is 6.54 Å². The van der Waals surface area contributed by atoms with E-state index in [2.05, 4.69) is 26.3 Å². The molecule has 0 aliphatic heterocycles. The van der Waals surface area contributed by atoms with Gasteiger partial charge in [-0.15, -0.1) is 0 Å². The molecule has 0 aliphatic rings. The van der Waals surface area contributed by atoms with E-state index >= 15 is 0 Å². The van der Waals surface area contributed by atoms with Crippen LogP contribution in [0, 0.1) is 0 Å². The van der Waals surface area contributed by atoms with Crippen LogP contribution in [0.15, 0.2) is 41.1 Å². The Balaban J connectivity index is 1.93. The summed E-state index contributed by atoms with van der Waals surface area (Å²) < 4.78 is 2.58. The Kier molecular flexibility index (Phi) is 3.99. The SMILES string of the molecule is Nc1ccc(Br)cc1C(=O)NCCn1cccn1. The first-order valence-electron chi connectivity index (χ1n) is 5.47. The molecule has 3 N–H and O–H groups in total. The molecular weight excluding hydrogens is 296 g/mol. The van der Waals surface area contributed by atoms with Gasteiger partial charge < -0.3 is 11.1 Å². The van der Waals surface area contributed by atoms with Gasteiger partial charge in [-0.25, -0.2) is 0 Å². The second kappa shape index (κ2) is 5.68. The Morgan fingerprint density at radius 2 is 2.33 bits per heavy atom. The highest BCUT2D eigenvalue weighted by Crippen LogP contribution is 2.18. The summed E-state index contributed by atoms with van der Waals surface area (Å²) in [7, 11) is 0. The van der Waals surface area contributed by atoms with Crippen LogP contribution in [-0.4, -0.2) is 22.2 Å². The van der Waals surface area contributed by atoms with Gasteiger partial charge in [0.25, 0.3) is 5.91 Å². The number of benzene rings is 1. The van der Waals surface area contributed by atoms with E-state index in [1.54, 1.807) is 29.1 Å². The predicted octanol–water partition coefficient (Wildman–Crippen LogP) is 1.66. The molecule has 0 spiro atoms. The van der Waals surface area contributed by atoms with Gasteiger partial charge in [0.2, 0.25) is 0 Å². The standard InChI is InChI=1S/C12H13BrN4O/c13-9-2-3-11(14)10(8-9)12(18)15-5-7-17-6-1-4-16-17/h1-4,6,8H,5,7,14H2,(H,15,18). The van der Waals surface area contributed by atoms with Crippen LogP contribution in [0.5, 0.6) is 0 Å². The van der Waals surface area contributed by atoms with Crippen molar-refractivity contribution in [1.29, 1.82) is 0 Å². The van der Waals surface area contributed by atoms with Crippen LogP contribution in [0.1, 0.15) is 10.4 Å². The number of hydrogen-bond donors (Lipinski definition) is 2. The van der Waals surface area contributed by atoms with Crippen LogP contribution in [0.3, 0.4) is 0 Å². The van der Waals surface area contributed by atoms with E-state index in [-0.39, 0.29) is 5.91 Å². The summed E-state index contributed by atoms with van der Waals surface area (Å²) in [4.78, 5) is 11.9. The number of nitrogen functional groups attached to an aromatic ring is 1. The van der Waals surface area contributed by atoms with Crippen molar-refractivity contribution in [3.63, 3.8) is 0 Å². The highest BCUT2D eigenvalue weighted by atomic mass is 79.9. The van der Waals surface area contributed by atoms with Gasteiger partial charge >= 0.3 is 0 Å². The second-order valence-electron chi connectivity index (χ2n) is 3.76. The summed E-state index contributed by atoms with van der Waals surface area (Å²) in [5.41, 5.74) is 6.70. The van der Waals surface area contributed by atoms with Crippen LogP contribution < -0.4 is 11.1 Å². The fourth-order valence-electron chi connectivity index (χ4n) is 1.54. The van der Waals surface area contributed by atoms with Gasteiger partial charge in [0, 0.05) is 29.1 Å². The number of carbonyl (C=O) groups is 1. The molecule has 0 saturated carbocycles. The molecule has 0 atom stereocenters. The molecule has 0 bridgehead atoms. The van der Waals surface area contributed by atoms with E-state index in [0.717, 1.165) is 4.47 Å². The molecule has 0 unspecified atom stereocenters. The number of carbonyl (C=O) groups excluding carboxylic acids is 1. The van der Waals surface area contributed by atoms with E-state index in [9.17, 15) is 4.79 Å².